The highest BCUT2D eigenvalue weighted by Gasteiger charge is 2.29. The van der Waals surface area contributed by atoms with Gasteiger partial charge in [0.25, 0.3) is 0 Å². The fourth-order valence-corrected chi connectivity index (χ4v) is 5.31. The topological polar surface area (TPSA) is 12.0 Å². The second kappa shape index (κ2) is 6.44. The molecule has 1 saturated carbocycles. The standard InChI is InChI=1S/C15H23NS2/c1-2-5-12(4-1)15(14-6-3-9-18-14)16-13-7-10-17-11-8-13/h3,6,9,12-13,15-16H,1-2,4-5,7-8,10-11H2. The van der Waals surface area contributed by atoms with E-state index in [1.807, 2.05) is 11.3 Å². The summed E-state index contributed by atoms with van der Waals surface area (Å²) < 4.78 is 0. The van der Waals surface area contributed by atoms with Crippen molar-refractivity contribution in [3.8, 4) is 0 Å². The second-order valence-electron chi connectivity index (χ2n) is 5.59. The van der Waals surface area contributed by atoms with E-state index in [1.54, 1.807) is 4.88 Å². The molecule has 0 aromatic carbocycles. The molecule has 18 heavy (non-hydrogen) atoms. The summed E-state index contributed by atoms with van der Waals surface area (Å²) in [5.41, 5.74) is 0. The van der Waals surface area contributed by atoms with E-state index in [0.717, 1.165) is 12.0 Å². The van der Waals surface area contributed by atoms with Crippen LogP contribution >= 0.6 is 23.1 Å². The summed E-state index contributed by atoms with van der Waals surface area (Å²) in [4.78, 5) is 1.57. The SMILES string of the molecule is c1csc(C(NC2CCSCC2)C2CCCC2)c1. The molecule has 3 heteroatoms. The summed E-state index contributed by atoms with van der Waals surface area (Å²) in [5.74, 6) is 3.58. The minimum Gasteiger partial charge on any atom is -0.306 e. The summed E-state index contributed by atoms with van der Waals surface area (Å²) in [6.07, 6.45) is 8.45. The summed E-state index contributed by atoms with van der Waals surface area (Å²) in [7, 11) is 0. The molecule has 2 fully saturated rings. The lowest BCUT2D eigenvalue weighted by Gasteiger charge is -2.31. The van der Waals surface area contributed by atoms with Crippen LogP contribution in [0.2, 0.25) is 0 Å². The van der Waals surface area contributed by atoms with Gasteiger partial charge in [-0.15, -0.1) is 11.3 Å². The molecule has 2 heterocycles. The number of rotatable bonds is 4. The van der Waals surface area contributed by atoms with E-state index in [9.17, 15) is 0 Å². The maximum absolute atomic E-state index is 4.00. The van der Waals surface area contributed by atoms with Gasteiger partial charge in [-0.1, -0.05) is 18.9 Å². The van der Waals surface area contributed by atoms with Crippen LogP contribution in [0.3, 0.4) is 0 Å². The van der Waals surface area contributed by atoms with Crippen molar-refractivity contribution in [1.29, 1.82) is 0 Å². The smallest absolute Gasteiger partial charge is 0.0445 e. The molecular formula is C15H23NS2. The van der Waals surface area contributed by atoms with Gasteiger partial charge in [0.05, 0.1) is 0 Å². The molecule has 1 atom stereocenters. The molecule has 1 saturated heterocycles. The summed E-state index contributed by atoms with van der Waals surface area (Å²) >= 11 is 4.06. The van der Waals surface area contributed by atoms with Gasteiger partial charge < -0.3 is 5.32 Å². The fourth-order valence-electron chi connectivity index (χ4n) is 3.33. The normalized spacial score (nSPS) is 24.4. The van der Waals surface area contributed by atoms with E-state index >= 15 is 0 Å². The first-order valence-electron chi connectivity index (χ1n) is 7.30. The second-order valence-corrected chi connectivity index (χ2v) is 7.79. The lowest BCUT2D eigenvalue weighted by Crippen LogP contribution is -2.38. The largest absolute Gasteiger partial charge is 0.306 e. The quantitative estimate of drug-likeness (QED) is 0.874. The molecule has 1 aromatic heterocycles. The lowest BCUT2D eigenvalue weighted by molar-refractivity contribution is 0.321. The van der Waals surface area contributed by atoms with Crippen LogP contribution in [0.25, 0.3) is 0 Å². The molecule has 1 N–H and O–H groups in total. The van der Waals surface area contributed by atoms with Crippen LogP contribution in [0.4, 0.5) is 0 Å². The predicted octanol–water partition coefficient (Wildman–Crippen LogP) is 4.46. The molecule has 1 unspecified atom stereocenters. The van der Waals surface area contributed by atoms with Crippen LogP contribution in [-0.4, -0.2) is 17.5 Å². The highest BCUT2D eigenvalue weighted by Crippen LogP contribution is 2.38. The molecule has 0 radical (unpaired) electrons. The highest BCUT2D eigenvalue weighted by atomic mass is 32.2. The third kappa shape index (κ3) is 3.12. The molecule has 1 nitrogen and oxygen atoms in total. The number of thiophene rings is 1. The van der Waals surface area contributed by atoms with Crippen molar-refractivity contribution < 1.29 is 0 Å². The van der Waals surface area contributed by atoms with Crippen LogP contribution in [0.5, 0.6) is 0 Å². The first-order chi connectivity index (χ1) is 8.93. The zero-order valence-corrected chi connectivity index (χ0v) is 12.6. The Kier molecular flexibility index (Phi) is 4.66. The third-order valence-electron chi connectivity index (χ3n) is 4.36. The Bertz CT molecular complexity index is 337. The van der Waals surface area contributed by atoms with E-state index < -0.39 is 0 Å². The first kappa shape index (κ1) is 13.0. The summed E-state index contributed by atoms with van der Waals surface area (Å²) in [6, 6.07) is 5.94. The van der Waals surface area contributed by atoms with Crippen LogP contribution in [0.15, 0.2) is 17.5 Å². The molecule has 1 aliphatic carbocycles. The minimum atomic E-state index is 0.639. The van der Waals surface area contributed by atoms with Gasteiger partial charge in [-0.25, -0.2) is 0 Å². The Labute approximate surface area is 119 Å². The van der Waals surface area contributed by atoms with Crippen molar-refractivity contribution in [1.82, 2.24) is 5.32 Å². The Morgan fingerprint density at radius 2 is 1.89 bits per heavy atom. The van der Waals surface area contributed by atoms with Crippen molar-refractivity contribution in [2.45, 2.75) is 50.6 Å². The van der Waals surface area contributed by atoms with Gasteiger partial charge in [-0.3, -0.25) is 0 Å². The average molecular weight is 281 g/mol. The predicted molar refractivity (Wildman–Crippen MR) is 82.5 cm³/mol. The zero-order chi connectivity index (χ0) is 12.2. The molecule has 1 aromatic rings. The number of thioether (sulfide) groups is 1. The minimum absolute atomic E-state index is 0.639. The van der Waals surface area contributed by atoms with Crippen molar-refractivity contribution in [3.63, 3.8) is 0 Å². The van der Waals surface area contributed by atoms with Crippen LogP contribution in [-0.2, 0) is 0 Å². The lowest BCUT2D eigenvalue weighted by atomic mass is 9.95. The maximum Gasteiger partial charge on any atom is 0.0445 e. The maximum atomic E-state index is 4.00. The van der Waals surface area contributed by atoms with E-state index in [4.69, 9.17) is 0 Å². The van der Waals surface area contributed by atoms with E-state index in [-0.39, 0.29) is 0 Å². The summed E-state index contributed by atoms with van der Waals surface area (Å²) in [6.45, 7) is 0. The fraction of sp³-hybridized carbons (Fsp3) is 0.733. The molecule has 3 rings (SSSR count). The van der Waals surface area contributed by atoms with Gasteiger partial charge in [0.2, 0.25) is 0 Å². The Morgan fingerprint density at radius 3 is 2.56 bits per heavy atom. The monoisotopic (exact) mass is 281 g/mol. The third-order valence-corrected chi connectivity index (χ3v) is 6.36. The zero-order valence-electron chi connectivity index (χ0n) is 10.9. The van der Waals surface area contributed by atoms with Gasteiger partial charge >= 0.3 is 0 Å². The van der Waals surface area contributed by atoms with Crippen molar-refractivity contribution >= 4 is 23.1 Å². The molecule has 0 spiro atoms. The molecule has 0 amide bonds. The van der Waals surface area contributed by atoms with E-state index in [1.165, 1.54) is 50.0 Å². The molecule has 100 valence electrons. The highest BCUT2D eigenvalue weighted by molar-refractivity contribution is 7.99. The van der Waals surface area contributed by atoms with Crippen molar-refractivity contribution in [2.24, 2.45) is 5.92 Å². The van der Waals surface area contributed by atoms with Crippen LogP contribution in [0, 0.1) is 5.92 Å². The molecule has 0 bridgehead atoms. The number of nitrogens with one attached hydrogen (secondary N) is 1. The van der Waals surface area contributed by atoms with Crippen LogP contribution < -0.4 is 5.32 Å². The number of hydrogen-bond acceptors (Lipinski definition) is 3. The van der Waals surface area contributed by atoms with Crippen LogP contribution in [0.1, 0.15) is 49.4 Å². The molecule has 1 aliphatic heterocycles. The van der Waals surface area contributed by atoms with Gasteiger partial charge in [-0.05, 0) is 54.6 Å². The first-order valence-corrected chi connectivity index (χ1v) is 9.34. The number of hydrogen-bond donors (Lipinski definition) is 1. The summed E-state index contributed by atoms with van der Waals surface area (Å²) in [5, 5.41) is 6.23. The average Bonchev–Trinajstić information content (AvgIpc) is 3.11. The van der Waals surface area contributed by atoms with Gasteiger partial charge in [0, 0.05) is 17.0 Å². The molecular weight excluding hydrogens is 258 g/mol. The molecule has 2 aliphatic rings. The van der Waals surface area contributed by atoms with E-state index in [2.05, 4.69) is 34.6 Å². The van der Waals surface area contributed by atoms with Gasteiger partial charge in [0.1, 0.15) is 0 Å². The van der Waals surface area contributed by atoms with Crippen molar-refractivity contribution in [2.75, 3.05) is 11.5 Å². The van der Waals surface area contributed by atoms with Crippen molar-refractivity contribution in [3.05, 3.63) is 22.4 Å². The van der Waals surface area contributed by atoms with Gasteiger partial charge in [0.15, 0.2) is 0 Å². The Morgan fingerprint density at radius 1 is 1.11 bits per heavy atom. The van der Waals surface area contributed by atoms with Gasteiger partial charge in [-0.2, -0.15) is 11.8 Å². The van der Waals surface area contributed by atoms with E-state index in [0.29, 0.717) is 6.04 Å². The Balaban J connectivity index is 1.68. The Hall–Kier alpha value is 0.01000.